The molecule has 0 aliphatic carbocycles. The summed E-state index contributed by atoms with van der Waals surface area (Å²) in [5.41, 5.74) is 1.20. The van der Waals surface area contributed by atoms with E-state index in [9.17, 15) is 19.2 Å². The molecule has 2 aromatic carbocycles. The largest absolute Gasteiger partial charge is 0.493 e. The summed E-state index contributed by atoms with van der Waals surface area (Å²) in [6, 6.07) is 12.8. The molecule has 0 aromatic heterocycles. The lowest BCUT2D eigenvalue weighted by atomic mass is 10.0. The van der Waals surface area contributed by atoms with Crippen LogP contribution in [0.5, 0.6) is 11.5 Å². The summed E-state index contributed by atoms with van der Waals surface area (Å²) < 4.78 is 11.2. The zero-order valence-electron chi connectivity index (χ0n) is 21.5. The van der Waals surface area contributed by atoms with E-state index in [4.69, 9.17) is 9.47 Å². The summed E-state index contributed by atoms with van der Waals surface area (Å²) >= 11 is 0. The van der Waals surface area contributed by atoms with Gasteiger partial charge in [0.05, 0.1) is 13.7 Å². The van der Waals surface area contributed by atoms with Gasteiger partial charge in [-0.15, -0.1) is 0 Å². The van der Waals surface area contributed by atoms with Crippen LogP contribution >= 0.6 is 0 Å². The standard InChI is InChI=1S/C28H34N4O6/c1-37-23-11-10-20-18-24(23)38-16-6-13-29-28(36)22-9-5-15-32(22)25(33)12-14-30-27(35)21(31-26(20)34)17-19-7-3-2-4-8-19/h2-4,7-8,10-11,18,21-22H,5-6,9,12-17H2,1H3,(H,29,36)(H,30,35)(H,31,34)/t21-,22-/m0/s1. The van der Waals surface area contributed by atoms with E-state index in [1.54, 1.807) is 23.1 Å². The highest BCUT2D eigenvalue weighted by atomic mass is 16.5. The van der Waals surface area contributed by atoms with Gasteiger partial charge in [-0.3, -0.25) is 19.2 Å². The van der Waals surface area contributed by atoms with Crippen LogP contribution in [0, 0.1) is 0 Å². The van der Waals surface area contributed by atoms with Crippen LogP contribution in [0.15, 0.2) is 48.5 Å². The van der Waals surface area contributed by atoms with Crippen LogP contribution < -0.4 is 25.4 Å². The van der Waals surface area contributed by atoms with Crippen molar-refractivity contribution in [2.75, 3.05) is 33.4 Å². The molecule has 1 fully saturated rings. The first-order valence-corrected chi connectivity index (χ1v) is 13.0. The van der Waals surface area contributed by atoms with Crippen molar-refractivity contribution >= 4 is 23.6 Å². The fourth-order valence-electron chi connectivity index (χ4n) is 4.71. The monoisotopic (exact) mass is 522 g/mol. The van der Waals surface area contributed by atoms with E-state index >= 15 is 0 Å². The van der Waals surface area contributed by atoms with Gasteiger partial charge in [-0.1, -0.05) is 30.3 Å². The summed E-state index contributed by atoms with van der Waals surface area (Å²) in [7, 11) is 1.51. The Balaban J connectivity index is 1.56. The summed E-state index contributed by atoms with van der Waals surface area (Å²) in [5, 5.41) is 8.51. The number of methoxy groups -OCH3 is 1. The van der Waals surface area contributed by atoms with Crippen molar-refractivity contribution in [1.82, 2.24) is 20.9 Å². The lowest BCUT2D eigenvalue weighted by Gasteiger charge is -2.24. The van der Waals surface area contributed by atoms with Gasteiger partial charge in [-0.05, 0) is 43.0 Å². The maximum Gasteiger partial charge on any atom is 0.252 e. The summed E-state index contributed by atoms with van der Waals surface area (Å²) in [4.78, 5) is 53.5. The molecule has 0 radical (unpaired) electrons. The molecule has 2 aromatic rings. The Labute approximate surface area is 222 Å². The number of carbonyl (C=O) groups excluding carboxylic acids is 4. The predicted molar refractivity (Wildman–Crippen MR) is 140 cm³/mol. The van der Waals surface area contributed by atoms with Gasteiger partial charge in [0.2, 0.25) is 17.7 Å². The van der Waals surface area contributed by atoms with E-state index in [1.807, 2.05) is 30.3 Å². The summed E-state index contributed by atoms with van der Waals surface area (Å²) in [5.74, 6) is -0.342. The molecule has 4 rings (SSSR count). The van der Waals surface area contributed by atoms with Gasteiger partial charge in [-0.2, -0.15) is 0 Å². The number of carbonyl (C=O) groups is 4. The molecule has 10 nitrogen and oxygen atoms in total. The number of hydrogen-bond donors (Lipinski definition) is 3. The third-order valence-corrected chi connectivity index (χ3v) is 6.72. The van der Waals surface area contributed by atoms with Crippen LogP contribution in [0.3, 0.4) is 0 Å². The Hall–Kier alpha value is -4.08. The number of rotatable bonds is 3. The van der Waals surface area contributed by atoms with E-state index in [-0.39, 0.29) is 37.8 Å². The first kappa shape index (κ1) is 27.0. The second kappa shape index (κ2) is 12.9. The van der Waals surface area contributed by atoms with Crippen molar-refractivity contribution in [3.63, 3.8) is 0 Å². The maximum atomic E-state index is 13.2. The third kappa shape index (κ3) is 6.81. The quantitative estimate of drug-likeness (QED) is 0.560. The Kier molecular flexibility index (Phi) is 9.18. The number of amides is 4. The van der Waals surface area contributed by atoms with Crippen molar-refractivity contribution < 1.29 is 28.7 Å². The fourth-order valence-corrected chi connectivity index (χ4v) is 4.71. The molecule has 2 atom stereocenters. The molecule has 1 saturated heterocycles. The first-order valence-electron chi connectivity index (χ1n) is 13.0. The highest BCUT2D eigenvalue weighted by Gasteiger charge is 2.33. The number of benzene rings is 2. The number of nitrogens with zero attached hydrogens (tertiary/aromatic N) is 1. The molecule has 0 saturated carbocycles. The number of hydrogen-bond acceptors (Lipinski definition) is 6. The summed E-state index contributed by atoms with van der Waals surface area (Å²) in [6.45, 7) is 1.28. The smallest absolute Gasteiger partial charge is 0.252 e. The molecule has 2 heterocycles. The molecule has 4 amide bonds. The average molecular weight is 523 g/mol. The van der Waals surface area contributed by atoms with Gasteiger partial charge in [0.1, 0.15) is 12.1 Å². The van der Waals surface area contributed by atoms with Gasteiger partial charge in [-0.25, -0.2) is 0 Å². The van der Waals surface area contributed by atoms with E-state index in [1.165, 1.54) is 7.11 Å². The van der Waals surface area contributed by atoms with Gasteiger partial charge < -0.3 is 30.3 Å². The Morgan fingerprint density at radius 2 is 1.76 bits per heavy atom. The molecule has 0 spiro atoms. The maximum absolute atomic E-state index is 13.2. The minimum atomic E-state index is -0.862. The second-order valence-electron chi connectivity index (χ2n) is 9.36. The van der Waals surface area contributed by atoms with Crippen LogP contribution in [0.25, 0.3) is 0 Å². The molecule has 38 heavy (non-hydrogen) atoms. The van der Waals surface area contributed by atoms with Crippen LogP contribution in [-0.2, 0) is 20.8 Å². The molecular formula is C28H34N4O6. The second-order valence-corrected chi connectivity index (χ2v) is 9.36. The SMILES string of the molecule is COc1ccc2cc1OCCCNC(=O)[C@@H]1CCCN1C(=O)CCNC(=O)[C@H](Cc1ccccc1)NC2=O. The Morgan fingerprint density at radius 1 is 0.974 bits per heavy atom. The summed E-state index contributed by atoms with van der Waals surface area (Å²) in [6.07, 6.45) is 2.23. The zero-order chi connectivity index (χ0) is 26.9. The molecular weight excluding hydrogens is 488 g/mol. The highest BCUT2D eigenvalue weighted by Crippen LogP contribution is 2.28. The van der Waals surface area contributed by atoms with Crippen molar-refractivity contribution in [2.24, 2.45) is 0 Å². The van der Waals surface area contributed by atoms with Gasteiger partial charge in [0, 0.05) is 38.0 Å². The first-order chi connectivity index (χ1) is 18.5. The Morgan fingerprint density at radius 3 is 2.55 bits per heavy atom. The van der Waals surface area contributed by atoms with Crippen molar-refractivity contribution in [1.29, 1.82) is 0 Å². The van der Waals surface area contributed by atoms with E-state index < -0.39 is 23.9 Å². The Bertz CT molecular complexity index is 1160. The average Bonchev–Trinajstić information content (AvgIpc) is 3.42. The van der Waals surface area contributed by atoms with E-state index in [0.717, 1.165) is 12.0 Å². The minimum absolute atomic E-state index is 0.0667. The van der Waals surface area contributed by atoms with Gasteiger partial charge >= 0.3 is 0 Å². The van der Waals surface area contributed by atoms with Crippen LogP contribution in [-0.4, -0.2) is 74.0 Å². The number of fused-ring (bicyclic) bond motifs is 3. The molecule has 10 heteroatoms. The van der Waals surface area contributed by atoms with Crippen LogP contribution in [0.4, 0.5) is 0 Å². The van der Waals surface area contributed by atoms with Crippen LogP contribution in [0.1, 0.15) is 41.6 Å². The zero-order valence-corrected chi connectivity index (χ0v) is 21.5. The highest BCUT2D eigenvalue weighted by molar-refractivity contribution is 5.98. The molecule has 2 aliphatic rings. The molecule has 2 aliphatic heterocycles. The van der Waals surface area contributed by atoms with Gasteiger partial charge in [0.25, 0.3) is 5.91 Å². The minimum Gasteiger partial charge on any atom is -0.493 e. The predicted octanol–water partition coefficient (Wildman–Crippen LogP) is 1.43. The van der Waals surface area contributed by atoms with E-state index in [2.05, 4.69) is 16.0 Å². The number of nitrogens with one attached hydrogen (secondary N) is 3. The molecule has 202 valence electrons. The molecule has 3 N–H and O–H groups in total. The lowest BCUT2D eigenvalue weighted by molar-refractivity contribution is -0.138. The fraction of sp³-hybridized carbons (Fsp3) is 0.429. The van der Waals surface area contributed by atoms with Crippen molar-refractivity contribution in [3.05, 3.63) is 59.7 Å². The van der Waals surface area contributed by atoms with Crippen LogP contribution in [0.2, 0.25) is 0 Å². The van der Waals surface area contributed by atoms with Crippen molar-refractivity contribution in [2.45, 2.75) is 44.2 Å². The van der Waals surface area contributed by atoms with Crippen molar-refractivity contribution in [3.8, 4) is 11.5 Å². The third-order valence-electron chi connectivity index (χ3n) is 6.72. The molecule has 0 unspecified atom stereocenters. The van der Waals surface area contributed by atoms with Gasteiger partial charge in [0.15, 0.2) is 11.5 Å². The topological polar surface area (TPSA) is 126 Å². The lowest BCUT2D eigenvalue weighted by Crippen LogP contribution is -2.49. The number of ether oxygens (including phenoxy) is 2. The normalized spacial score (nSPS) is 21.6. The van der Waals surface area contributed by atoms with E-state index in [0.29, 0.717) is 43.0 Å². The molecule has 2 bridgehead atoms.